The summed E-state index contributed by atoms with van der Waals surface area (Å²) in [7, 11) is 0. The second kappa shape index (κ2) is 4.58. The maximum absolute atomic E-state index is 5.67. The third kappa shape index (κ3) is 2.64. The van der Waals surface area contributed by atoms with E-state index in [0.717, 1.165) is 51.4 Å². The molecule has 3 heterocycles. The average Bonchev–Trinajstić information content (AvgIpc) is 2.27. The summed E-state index contributed by atoms with van der Waals surface area (Å²) >= 11 is 5.62. The zero-order valence-corrected chi connectivity index (χ0v) is 10.0. The molecule has 88 valence electrons. The molecule has 0 N–H and O–H groups in total. The van der Waals surface area contributed by atoms with Crippen molar-refractivity contribution in [2.24, 2.45) is 5.41 Å². The maximum atomic E-state index is 5.67. The molecule has 0 aliphatic carbocycles. The normalized spacial score (nSPS) is 39.6. The van der Waals surface area contributed by atoms with E-state index in [1.54, 1.807) is 0 Å². The molecule has 0 saturated carbocycles. The van der Waals surface area contributed by atoms with Crippen LogP contribution in [0.1, 0.15) is 32.6 Å². The SMILES string of the molecule is CC12COC(CCCCCCl)(OC1)OC2. The van der Waals surface area contributed by atoms with E-state index in [1.807, 2.05) is 0 Å². The van der Waals surface area contributed by atoms with Crippen LogP contribution in [0, 0.1) is 5.41 Å². The van der Waals surface area contributed by atoms with Gasteiger partial charge in [0.15, 0.2) is 0 Å². The van der Waals surface area contributed by atoms with Crippen molar-refractivity contribution in [3.63, 3.8) is 0 Å². The van der Waals surface area contributed by atoms with Crippen molar-refractivity contribution in [3.8, 4) is 0 Å². The molecule has 0 unspecified atom stereocenters. The van der Waals surface area contributed by atoms with Crippen LogP contribution in [0.2, 0.25) is 0 Å². The number of hydrogen-bond acceptors (Lipinski definition) is 3. The van der Waals surface area contributed by atoms with Gasteiger partial charge >= 0.3 is 0 Å². The van der Waals surface area contributed by atoms with Crippen molar-refractivity contribution in [1.82, 2.24) is 0 Å². The summed E-state index contributed by atoms with van der Waals surface area (Å²) in [5.74, 6) is -0.00227. The van der Waals surface area contributed by atoms with Gasteiger partial charge in [-0.15, -0.1) is 11.6 Å². The van der Waals surface area contributed by atoms with Crippen LogP contribution in [0.5, 0.6) is 0 Å². The van der Waals surface area contributed by atoms with E-state index < -0.39 is 5.97 Å². The van der Waals surface area contributed by atoms with Crippen LogP contribution in [-0.4, -0.2) is 31.7 Å². The summed E-state index contributed by atoms with van der Waals surface area (Å²) in [4.78, 5) is 0. The van der Waals surface area contributed by atoms with E-state index in [-0.39, 0.29) is 5.41 Å². The van der Waals surface area contributed by atoms with E-state index in [0.29, 0.717) is 0 Å². The lowest BCUT2D eigenvalue weighted by Gasteiger charge is -2.50. The lowest BCUT2D eigenvalue weighted by Crippen LogP contribution is -2.58. The number of fused-ring (bicyclic) bond motifs is 3. The van der Waals surface area contributed by atoms with Crippen molar-refractivity contribution in [2.45, 2.75) is 38.6 Å². The molecule has 3 nitrogen and oxygen atoms in total. The van der Waals surface area contributed by atoms with Crippen LogP contribution in [0.3, 0.4) is 0 Å². The topological polar surface area (TPSA) is 27.7 Å². The second-order valence-electron chi connectivity index (χ2n) is 4.86. The standard InChI is InChI=1S/C11H19ClO3/c1-10-7-13-11(14-8-10,15-9-10)5-3-2-4-6-12/h2-9H2,1H3. The van der Waals surface area contributed by atoms with Gasteiger partial charge in [0.1, 0.15) is 0 Å². The lowest BCUT2D eigenvalue weighted by molar-refractivity contribution is -0.467. The summed E-state index contributed by atoms with van der Waals surface area (Å²) in [5, 5.41) is 0. The first-order chi connectivity index (χ1) is 7.18. The van der Waals surface area contributed by atoms with Gasteiger partial charge in [-0.25, -0.2) is 0 Å². The number of hydrogen-bond donors (Lipinski definition) is 0. The summed E-state index contributed by atoms with van der Waals surface area (Å²) in [6, 6.07) is 0. The highest BCUT2D eigenvalue weighted by molar-refractivity contribution is 6.17. The van der Waals surface area contributed by atoms with Gasteiger partial charge in [0.25, 0.3) is 5.97 Å². The van der Waals surface area contributed by atoms with Gasteiger partial charge in [0.05, 0.1) is 19.8 Å². The molecular formula is C11H19ClO3. The number of unbranched alkanes of at least 4 members (excludes halogenated alkanes) is 2. The predicted octanol–water partition coefficient (Wildman–Crippen LogP) is 2.52. The molecule has 0 aromatic heterocycles. The van der Waals surface area contributed by atoms with Gasteiger partial charge in [0, 0.05) is 17.7 Å². The van der Waals surface area contributed by atoms with Gasteiger partial charge in [-0.2, -0.15) is 0 Å². The number of ether oxygens (including phenoxy) is 3. The van der Waals surface area contributed by atoms with E-state index in [4.69, 9.17) is 25.8 Å². The molecule has 3 fully saturated rings. The largest absolute Gasteiger partial charge is 0.327 e. The molecule has 0 atom stereocenters. The molecule has 2 bridgehead atoms. The highest BCUT2D eigenvalue weighted by Crippen LogP contribution is 2.40. The molecule has 15 heavy (non-hydrogen) atoms. The Morgan fingerprint density at radius 1 is 1.00 bits per heavy atom. The molecule has 0 spiro atoms. The quantitative estimate of drug-likeness (QED) is 0.541. The van der Waals surface area contributed by atoms with E-state index in [9.17, 15) is 0 Å². The number of rotatable bonds is 5. The molecule has 3 aliphatic rings. The van der Waals surface area contributed by atoms with Gasteiger partial charge in [-0.05, 0) is 12.8 Å². The Bertz CT molecular complexity index is 195. The molecule has 0 aromatic carbocycles. The summed E-state index contributed by atoms with van der Waals surface area (Å²) in [5.41, 5.74) is 0.0673. The van der Waals surface area contributed by atoms with Crippen LogP contribution >= 0.6 is 11.6 Å². The first kappa shape index (κ1) is 11.6. The maximum Gasteiger partial charge on any atom is 0.282 e. The minimum absolute atomic E-state index is 0.0673. The van der Waals surface area contributed by atoms with Gasteiger partial charge in [-0.3, -0.25) is 0 Å². The minimum Gasteiger partial charge on any atom is -0.327 e. The highest BCUT2D eigenvalue weighted by atomic mass is 35.5. The summed E-state index contributed by atoms with van der Waals surface area (Å²) < 4.78 is 17.0. The zero-order valence-electron chi connectivity index (χ0n) is 9.26. The van der Waals surface area contributed by atoms with Crippen molar-refractivity contribution in [2.75, 3.05) is 25.7 Å². The number of alkyl halides is 1. The van der Waals surface area contributed by atoms with Crippen LogP contribution in [0.25, 0.3) is 0 Å². The average molecular weight is 235 g/mol. The summed E-state index contributed by atoms with van der Waals surface area (Å²) in [6.45, 7) is 4.39. The Labute approximate surface area is 96.0 Å². The van der Waals surface area contributed by atoms with Crippen molar-refractivity contribution in [1.29, 1.82) is 0 Å². The fourth-order valence-corrected chi connectivity index (χ4v) is 2.12. The summed E-state index contributed by atoms with van der Waals surface area (Å²) in [6.07, 6.45) is 4.03. The monoisotopic (exact) mass is 234 g/mol. The Kier molecular flexibility index (Phi) is 3.56. The van der Waals surface area contributed by atoms with Gasteiger partial charge < -0.3 is 14.2 Å². The Morgan fingerprint density at radius 2 is 1.60 bits per heavy atom. The van der Waals surface area contributed by atoms with Crippen LogP contribution in [0.15, 0.2) is 0 Å². The van der Waals surface area contributed by atoms with Gasteiger partial charge in [-0.1, -0.05) is 13.3 Å². The van der Waals surface area contributed by atoms with Crippen molar-refractivity contribution in [3.05, 3.63) is 0 Å². The predicted molar refractivity (Wildman–Crippen MR) is 57.9 cm³/mol. The fourth-order valence-electron chi connectivity index (χ4n) is 1.93. The first-order valence-corrected chi connectivity index (χ1v) is 6.19. The smallest absolute Gasteiger partial charge is 0.282 e. The molecule has 3 saturated heterocycles. The molecule has 3 rings (SSSR count). The second-order valence-corrected chi connectivity index (χ2v) is 5.24. The molecule has 4 heteroatoms. The Hall–Kier alpha value is 0.170. The number of halogens is 1. The fraction of sp³-hybridized carbons (Fsp3) is 1.00. The van der Waals surface area contributed by atoms with E-state index in [2.05, 4.69) is 6.92 Å². The minimum atomic E-state index is -0.732. The van der Waals surface area contributed by atoms with Crippen molar-refractivity contribution >= 4 is 11.6 Å². The van der Waals surface area contributed by atoms with Gasteiger partial charge in [0.2, 0.25) is 0 Å². The van der Waals surface area contributed by atoms with E-state index in [1.165, 1.54) is 0 Å². The third-order valence-corrected chi connectivity index (χ3v) is 3.31. The lowest BCUT2D eigenvalue weighted by atomic mass is 9.91. The van der Waals surface area contributed by atoms with E-state index >= 15 is 0 Å². The molecule has 0 aromatic rings. The zero-order chi connectivity index (χ0) is 10.8. The molecule has 3 aliphatic heterocycles. The van der Waals surface area contributed by atoms with Crippen LogP contribution in [-0.2, 0) is 14.2 Å². The third-order valence-electron chi connectivity index (χ3n) is 3.04. The highest BCUT2D eigenvalue weighted by Gasteiger charge is 2.49. The Balaban J connectivity index is 1.77. The van der Waals surface area contributed by atoms with Crippen LogP contribution in [0.4, 0.5) is 0 Å². The molecule has 0 amide bonds. The molecule has 0 radical (unpaired) electrons. The van der Waals surface area contributed by atoms with Crippen LogP contribution < -0.4 is 0 Å². The Morgan fingerprint density at radius 3 is 2.13 bits per heavy atom. The first-order valence-electron chi connectivity index (χ1n) is 5.66. The molecular weight excluding hydrogens is 216 g/mol. The van der Waals surface area contributed by atoms with Crippen molar-refractivity contribution < 1.29 is 14.2 Å².